The van der Waals surface area contributed by atoms with E-state index < -0.39 is 0 Å². The molecule has 2 rings (SSSR count). The maximum atomic E-state index is 10.7. The van der Waals surface area contributed by atoms with Crippen molar-refractivity contribution in [2.45, 2.75) is 6.61 Å². The van der Waals surface area contributed by atoms with Gasteiger partial charge in [-0.3, -0.25) is 4.79 Å². The molecule has 0 saturated carbocycles. The first-order chi connectivity index (χ1) is 6.77. The Morgan fingerprint density at radius 2 is 2.29 bits per heavy atom. The van der Waals surface area contributed by atoms with E-state index >= 15 is 0 Å². The predicted octanol–water partition coefficient (Wildman–Crippen LogP) is 1.91. The smallest absolute Gasteiger partial charge is 0.150 e. The van der Waals surface area contributed by atoms with Crippen LogP contribution >= 0.6 is 11.3 Å². The zero-order valence-corrected chi connectivity index (χ0v) is 8.04. The molecule has 0 saturated heterocycles. The minimum atomic E-state index is -0.326. The molecular formula is C10H8O3S. The minimum Gasteiger partial charge on any atom is -0.506 e. The molecule has 0 atom stereocenters. The van der Waals surface area contributed by atoms with Gasteiger partial charge in [-0.1, -0.05) is 0 Å². The quantitative estimate of drug-likeness (QED) is 0.741. The maximum absolute atomic E-state index is 10.7. The Labute approximate surface area is 84.2 Å². The molecular weight excluding hydrogens is 200 g/mol. The van der Waals surface area contributed by atoms with Crippen LogP contribution in [-0.2, 0) is 6.61 Å². The summed E-state index contributed by atoms with van der Waals surface area (Å²) in [5, 5.41) is 21.4. The Hall–Kier alpha value is -1.39. The number of aldehydes is 1. The van der Waals surface area contributed by atoms with Crippen LogP contribution in [0.3, 0.4) is 0 Å². The fourth-order valence-corrected chi connectivity index (χ4v) is 2.27. The summed E-state index contributed by atoms with van der Waals surface area (Å²) in [5.74, 6) is 0.0158. The van der Waals surface area contributed by atoms with Crippen LogP contribution in [0.4, 0.5) is 0 Å². The molecule has 0 amide bonds. The normalized spacial score (nSPS) is 10.6. The van der Waals surface area contributed by atoms with Crippen molar-refractivity contribution in [3.05, 3.63) is 28.6 Å². The van der Waals surface area contributed by atoms with Crippen LogP contribution in [0.25, 0.3) is 10.1 Å². The van der Waals surface area contributed by atoms with Gasteiger partial charge in [0, 0.05) is 11.1 Å². The number of phenols is 1. The number of benzene rings is 1. The number of aliphatic hydroxyl groups is 1. The van der Waals surface area contributed by atoms with E-state index in [1.807, 2.05) is 11.4 Å². The number of carbonyl (C=O) groups is 1. The van der Waals surface area contributed by atoms with Gasteiger partial charge in [-0.05, 0) is 22.9 Å². The Morgan fingerprint density at radius 3 is 2.93 bits per heavy atom. The van der Waals surface area contributed by atoms with Crippen LogP contribution in [0.5, 0.6) is 5.75 Å². The van der Waals surface area contributed by atoms with Crippen molar-refractivity contribution in [2.75, 3.05) is 0 Å². The number of fused-ring (bicyclic) bond motifs is 1. The summed E-state index contributed by atoms with van der Waals surface area (Å²) in [4.78, 5) is 10.7. The predicted molar refractivity (Wildman–Crippen MR) is 54.8 cm³/mol. The highest BCUT2D eigenvalue weighted by Gasteiger charge is 2.12. The minimum absolute atomic E-state index is 0.0158. The fraction of sp³-hybridized carbons (Fsp3) is 0.100. The molecule has 72 valence electrons. The van der Waals surface area contributed by atoms with Crippen LogP contribution in [0.2, 0.25) is 0 Å². The number of hydrogen-bond donors (Lipinski definition) is 2. The molecule has 0 aliphatic rings. The summed E-state index contributed by atoms with van der Waals surface area (Å²) in [6.07, 6.45) is 0.641. The molecule has 4 heteroatoms. The number of hydrogen-bond acceptors (Lipinski definition) is 4. The van der Waals surface area contributed by atoms with Gasteiger partial charge in [0.05, 0.1) is 11.3 Å². The number of aromatic hydroxyl groups is 1. The summed E-state index contributed by atoms with van der Waals surface area (Å²) in [7, 11) is 0. The topological polar surface area (TPSA) is 57.5 Å². The van der Waals surface area contributed by atoms with Gasteiger partial charge >= 0.3 is 0 Å². The molecule has 3 nitrogen and oxygen atoms in total. The molecule has 0 unspecified atom stereocenters. The van der Waals surface area contributed by atoms with E-state index in [4.69, 9.17) is 5.11 Å². The summed E-state index contributed by atoms with van der Waals surface area (Å²) in [6.45, 7) is -0.326. The lowest BCUT2D eigenvalue weighted by molar-refractivity contribution is 0.112. The molecule has 1 heterocycles. The lowest BCUT2D eigenvalue weighted by Crippen LogP contribution is -1.92. The average molecular weight is 208 g/mol. The van der Waals surface area contributed by atoms with Gasteiger partial charge in [0.1, 0.15) is 5.75 Å². The van der Waals surface area contributed by atoms with E-state index in [0.29, 0.717) is 22.1 Å². The third kappa shape index (κ3) is 1.20. The van der Waals surface area contributed by atoms with E-state index in [1.54, 1.807) is 6.07 Å². The van der Waals surface area contributed by atoms with Crippen molar-refractivity contribution in [3.8, 4) is 5.75 Å². The lowest BCUT2D eigenvalue weighted by Gasteiger charge is -2.05. The summed E-state index contributed by atoms with van der Waals surface area (Å²) >= 11 is 1.39. The summed E-state index contributed by atoms with van der Waals surface area (Å²) < 4.78 is 0.708. The van der Waals surface area contributed by atoms with Crippen molar-refractivity contribution in [1.82, 2.24) is 0 Å². The molecule has 2 N–H and O–H groups in total. The van der Waals surface area contributed by atoms with E-state index in [-0.39, 0.29) is 12.4 Å². The molecule has 0 aliphatic carbocycles. The molecule has 0 fully saturated rings. The molecule has 1 aromatic heterocycles. The van der Waals surface area contributed by atoms with Gasteiger partial charge in [-0.25, -0.2) is 0 Å². The Morgan fingerprint density at radius 1 is 1.50 bits per heavy atom. The van der Waals surface area contributed by atoms with E-state index in [1.165, 1.54) is 11.3 Å². The maximum Gasteiger partial charge on any atom is 0.150 e. The van der Waals surface area contributed by atoms with Crippen molar-refractivity contribution < 1.29 is 15.0 Å². The van der Waals surface area contributed by atoms with Crippen LogP contribution in [0, 0.1) is 0 Å². The summed E-state index contributed by atoms with van der Waals surface area (Å²) in [6, 6.07) is 3.50. The Kier molecular flexibility index (Phi) is 2.23. The molecule has 0 aliphatic heterocycles. The second kappa shape index (κ2) is 3.40. The zero-order valence-electron chi connectivity index (χ0n) is 7.23. The second-order valence-corrected chi connectivity index (χ2v) is 3.82. The Bertz CT molecular complexity index is 487. The van der Waals surface area contributed by atoms with Gasteiger partial charge < -0.3 is 10.2 Å². The monoisotopic (exact) mass is 208 g/mol. The number of rotatable bonds is 2. The average Bonchev–Trinajstić information content (AvgIpc) is 2.65. The molecule has 0 radical (unpaired) electrons. The highest BCUT2D eigenvalue weighted by Crippen LogP contribution is 2.34. The highest BCUT2D eigenvalue weighted by molar-refractivity contribution is 7.17. The van der Waals surface area contributed by atoms with Crippen LogP contribution in [0.15, 0.2) is 17.5 Å². The van der Waals surface area contributed by atoms with Crippen molar-refractivity contribution in [2.24, 2.45) is 0 Å². The lowest BCUT2D eigenvalue weighted by atomic mass is 10.1. The third-order valence-electron chi connectivity index (χ3n) is 2.14. The first kappa shape index (κ1) is 9.18. The molecule has 2 aromatic rings. The number of aliphatic hydroxyl groups excluding tert-OH is 1. The molecule has 0 bridgehead atoms. The van der Waals surface area contributed by atoms with Crippen molar-refractivity contribution in [1.29, 1.82) is 0 Å². The van der Waals surface area contributed by atoms with Gasteiger partial charge in [-0.2, -0.15) is 0 Å². The van der Waals surface area contributed by atoms with E-state index in [9.17, 15) is 9.90 Å². The van der Waals surface area contributed by atoms with Crippen molar-refractivity contribution >= 4 is 27.7 Å². The van der Waals surface area contributed by atoms with Gasteiger partial charge in [0.2, 0.25) is 0 Å². The van der Waals surface area contributed by atoms with Crippen LogP contribution in [0.1, 0.15) is 15.9 Å². The van der Waals surface area contributed by atoms with Gasteiger partial charge in [0.25, 0.3) is 0 Å². The fourth-order valence-electron chi connectivity index (χ4n) is 1.43. The van der Waals surface area contributed by atoms with Crippen molar-refractivity contribution in [3.63, 3.8) is 0 Å². The van der Waals surface area contributed by atoms with E-state index in [2.05, 4.69) is 0 Å². The highest BCUT2D eigenvalue weighted by atomic mass is 32.1. The Balaban J connectivity index is 2.85. The zero-order chi connectivity index (χ0) is 10.1. The summed E-state index contributed by atoms with van der Waals surface area (Å²) in [5.41, 5.74) is 0.644. The largest absolute Gasteiger partial charge is 0.506 e. The molecule has 0 spiro atoms. The standard InChI is InChI=1S/C10H8O3S/c11-4-7-3-6-1-2-14-10(6)9(13)8(7)5-12/h1-4,12-13H,5H2. The number of carbonyl (C=O) groups excluding carboxylic acids is 1. The molecule has 14 heavy (non-hydrogen) atoms. The second-order valence-electron chi connectivity index (χ2n) is 2.91. The molecule has 1 aromatic carbocycles. The van der Waals surface area contributed by atoms with Gasteiger partial charge in [0.15, 0.2) is 6.29 Å². The van der Waals surface area contributed by atoms with Crippen LogP contribution in [-0.4, -0.2) is 16.5 Å². The number of thiophene rings is 1. The van der Waals surface area contributed by atoms with Crippen LogP contribution < -0.4 is 0 Å². The first-order valence-corrected chi connectivity index (χ1v) is 4.94. The van der Waals surface area contributed by atoms with E-state index in [0.717, 1.165) is 5.39 Å². The first-order valence-electron chi connectivity index (χ1n) is 4.06. The SMILES string of the molecule is O=Cc1cc2ccsc2c(O)c1CO. The van der Waals surface area contributed by atoms with Gasteiger partial charge in [-0.15, -0.1) is 11.3 Å². The third-order valence-corrected chi connectivity index (χ3v) is 3.08.